The van der Waals surface area contributed by atoms with Crippen LogP contribution >= 0.6 is 0 Å². The van der Waals surface area contributed by atoms with Crippen molar-refractivity contribution in [3.05, 3.63) is 58.5 Å². The lowest BCUT2D eigenvalue weighted by atomic mass is 10.1. The van der Waals surface area contributed by atoms with Gasteiger partial charge in [-0.25, -0.2) is 4.79 Å². The van der Waals surface area contributed by atoms with Crippen molar-refractivity contribution in [3.63, 3.8) is 0 Å². The van der Waals surface area contributed by atoms with Crippen LogP contribution in [-0.2, 0) is 19.6 Å². The normalized spacial score (nSPS) is 14.6. The zero-order valence-corrected chi connectivity index (χ0v) is 10.7. The van der Waals surface area contributed by atoms with Crippen LogP contribution in [0.1, 0.15) is 33.0 Å². The summed E-state index contributed by atoms with van der Waals surface area (Å²) in [6, 6.07) is 9.97. The van der Waals surface area contributed by atoms with Crippen LogP contribution in [0, 0.1) is 6.92 Å². The van der Waals surface area contributed by atoms with E-state index in [-0.39, 0.29) is 5.56 Å². The molecule has 2 heterocycles. The van der Waals surface area contributed by atoms with Crippen LogP contribution in [0.25, 0.3) is 0 Å². The van der Waals surface area contributed by atoms with Gasteiger partial charge in [0.15, 0.2) is 0 Å². The van der Waals surface area contributed by atoms with E-state index in [9.17, 15) is 4.79 Å². The molecule has 0 atom stereocenters. The fourth-order valence-electron chi connectivity index (χ4n) is 2.57. The van der Waals surface area contributed by atoms with E-state index in [0.29, 0.717) is 18.1 Å². The number of rotatable bonds is 3. The highest BCUT2D eigenvalue weighted by Crippen LogP contribution is 2.25. The van der Waals surface area contributed by atoms with Crippen molar-refractivity contribution >= 4 is 5.97 Å². The van der Waals surface area contributed by atoms with E-state index in [2.05, 4.69) is 17.0 Å². The molecule has 98 valence electrons. The highest BCUT2D eigenvalue weighted by molar-refractivity contribution is 5.88. The van der Waals surface area contributed by atoms with Gasteiger partial charge < -0.3 is 9.52 Å². The largest absolute Gasteiger partial charge is 0.478 e. The summed E-state index contributed by atoms with van der Waals surface area (Å²) in [7, 11) is 0. The molecule has 1 aliphatic heterocycles. The Bertz CT molecular complexity index is 605. The Labute approximate surface area is 111 Å². The third-order valence-corrected chi connectivity index (χ3v) is 3.48. The number of aromatic carboxylic acids is 1. The van der Waals surface area contributed by atoms with Gasteiger partial charge in [-0.1, -0.05) is 24.3 Å². The van der Waals surface area contributed by atoms with Gasteiger partial charge in [-0.15, -0.1) is 0 Å². The van der Waals surface area contributed by atoms with E-state index in [1.54, 1.807) is 13.0 Å². The zero-order valence-electron chi connectivity index (χ0n) is 10.7. The predicted octanol–water partition coefficient (Wildman–Crippen LogP) is 2.80. The third-order valence-electron chi connectivity index (χ3n) is 3.48. The van der Waals surface area contributed by atoms with Gasteiger partial charge in [-0.2, -0.15) is 0 Å². The van der Waals surface area contributed by atoms with Crippen LogP contribution in [0.2, 0.25) is 0 Å². The van der Waals surface area contributed by atoms with Crippen LogP contribution in [0.3, 0.4) is 0 Å². The number of benzene rings is 1. The summed E-state index contributed by atoms with van der Waals surface area (Å²) in [4.78, 5) is 13.2. The zero-order chi connectivity index (χ0) is 13.4. The highest BCUT2D eigenvalue weighted by atomic mass is 16.4. The van der Waals surface area contributed by atoms with Gasteiger partial charge >= 0.3 is 5.97 Å². The molecule has 4 heteroatoms. The maximum atomic E-state index is 11.0. The van der Waals surface area contributed by atoms with E-state index in [0.717, 1.165) is 13.1 Å². The first-order chi connectivity index (χ1) is 9.13. The van der Waals surface area contributed by atoms with E-state index < -0.39 is 5.97 Å². The number of furan rings is 1. The standard InChI is InChI=1S/C15H15NO3/c1-10-14(15(17)18)6-13(19-10)9-16-7-11-4-2-3-5-12(11)8-16/h2-6H,7-9H2,1H3,(H,17,18). The summed E-state index contributed by atoms with van der Waals surface area (Å²) in [5, 5.41) is 9.01. The molecule has 1 aliphatic rings. The fraction of sp³-hybridized carbons (Fsp3) is 0.267. The average molecular weight is 257 g/mol. The molecule has 0 saturated carbocycles. The molecule has 0 unspecified atom stereocenters. The summed E-state index contributed by atoms with van der Waals surface area (Å²) in [5.41, 5.74) is 2.93. The molecular formula is C15H15NO3. The highest BCUT2D eigenvalue weighted by Gasteiger charge is 2.21. The molecule has 0 radical (unpaired) electrons. The first-order valence-electron chi connectivity index (χ1n) is 6.25. The maximum absolute atomic E-state index is 11.0. The van der Waals surface area contributed by atoms with E-state index in [4.69, 9.17) is 9.52 Å². The average Bonchev–Trinajstić information content (AvgIpc) is 2.92. The summed E-state index contributed by atoms with van der Waals surface area (Å²) in [6.07, 6.45) is 0. The van der Waals surface area contributed by atoms with Crippen LogP contribution in [0.5, 0.6) is 0 Å². The predicted molar refractivity (Wildman–Crippen MR) is 69.8 cm³/mol. The number of carboxylic acids is 1. The summed E-state index contributed by atoms with van der Waals surface area (Å²) in [6.45, 7) is 4.10. The number of aryl methyl sites for hydroxylation is 1. The number of nitrogens with zero attached hydrogens (tertiary/aromatic N) is 1. The lowest BCUT2D eigenvalue weighted by molar-refractivity contribution is 0.0695. The quantitative estimate of drug-likeness (QED) is 0.918. The minimum atomic E-state index is -0.933. The number of carboxylic acid groups (broad SMARTS) is 1. The Morgan fingerprint density at radius 2 is 1.95 bits per heavy atom. The molecule has 0 aliphatic carbocycles. The minimum Gasteiger partial charge on any atom is -0.478 e. The molecule has 19 heavy (non-hydrogen) atoms. The number of carbonyl (C=O) groups is 1. The number of fused-ring (bicyclic) bond motifs is 1. The van der Waals surface area contributed by atoms with Crippen LogP contribution in [-0.4, -0.2) is 16.0 Å². The maximum Gasteiger partial charge on any atom is 0.339 e. The van der Waals surface area contributed by atoms with Crippen molar-refractivity contribution in [2.75, 3.05) is 0 Å². The smallest absolute Gasteiger partial charge is 0.339 e. The third kappa shape index (κ3) is 2.27. The second kappa shape index (κ2) is 4.55. The van der Waals surface area contributed by atoms with Crippen LogP contribution < -0.4 is 0 Å². The molecule has 2 aromatic rings. The lowest BCUT2D eigenvalue weighted by Crippen LogP contribution is -2.15. The van der Waals surface area contributed by atoms with Crippen molar-refractivity contribution < 1.29 is 14.3 Å². The van der Waals surface area contributed by atoms with Crippen molar-refractivity contribution in [2.45, 2.75) is 26.6 Å². The molecule has 0 saturated heterocycles. The van der Waals surface area contributed by atoms with Gasteiger partial charge in [0.2, 0.25) is 0 Å². The molecule has 1 aromatic carbocycles. The van der Waals surface area contributed by atoms with Gasteiger partial charge in [0, 0.05) is 13.1 Å². The van der Waals surface area contributed by atoms with Gasteiger partial charge in [0.05, 0.1) is 6.54 Å². The Hall–Kier alpha value is -2.07. The fourth-order valence-corrected chi connectivity index (χ4v) is 2.57. The molecule has 4 nitrogen and oxygen atoms in total. The molecule has 0 spiro atoms. The van der Waals surface area contributed by atoms with Gasteiger partial charge in [0.25, 0.3) is 0 Å². The van der Waals surface area contributed by atoms with Gasteiger partial charge in [-0.05, 0) is 24.1 Å². The van der Waals surface area contributed by atoms with Crippen molar-refractivity contribution in [3.8, 4) is 0 Å². The molecule has 0 fully saturated rings. The summed E-state index contributed by atoms with van der Waals surface area (Å²) in [5.74, 6) is 0.249. The van der Waals surface area contributed by atoms with Crippen molar-refractivity contribution in [2.24, 2.45) is 0 Å². The minimum absolute atomic E-state index is 0.256. The molecular weight excluding hydrogens is 242 g/mol. The molecule has 3 rings (SSSR count). The molecule has 1 aromatic heterocycles. The van der Waals surface area contributed by atoms with E-state index in [1.807, 2.05) is 12.1 Å². The second-order valence-corrected chi connectivity index (χ2v) is 4.90. The Morgan fingerprint density at radius 3 is 2.47 bits per heavy atom. The first kappa shape index (κ1) is 12.0. The topological polar surface area (TPSA) is 53.7 Å². The monoisotopic (exact) mass is 257 g/mol. The molecule has 1 N–H and O–H groups in total. The molecule has 0 bridgehead atoms. The summed E-state index contributed by atoms with van der Waals surface area (Å²) >= 11 is 0. The second-order valence-electron chi connectivity index (χ2n) is 4.90. The van der Waals surface area contributed by atoms with Crippen LogP contribution in [0.4, 0.5) is 0 Å². The summed E-state index contributed by atoms with van der Waals surface area (Å²) < 4.78 is 5.51. The van der Waals surface area contributed by atoms with E-state index in [1.165, 1.54) is 11.1 Å². The van der Waals surface area contributed by atoms with Crippen molar-refractivity contribution in [1.82, 2.24) is 4.90 Å². The SMILES string of the molecule is Cc1oc(CN2Cc3ccccc3C2)cc1C(=O)O. The lowest BCUT2D eigenvalue weighted by Gasteiger charge is -2.12. The Kier molecular flexibility index (Phi) is 2.87. The number of hydrogen-bond donors (Lipinski definition) is 1. The van der Waals surface area contributed by atoms with Crippen molar-refractivity contribution in [1.29, 1.82) is 0 Å². The number of hydrogen-bond acceptors (Lipinski definition) is 3. The Balaban J connectivity index is 1.74. The molecule has 0 amide bonds. The first-order valence-corrected chi connectivity index (χ1v) is 6.25. The van der Waals surface area contributed by atoms with E-state index >= 15 is 0 Å². The van der Waals surface area contributed by atoms with Gasteiger partial charge in [-0.3, -0.25) is 4.90 Å². The van der Waals surface area contributed by atoms with Crippen LogP contribution in [0.15, 0.2) is 34.7 Å². The Morgan fingerprint density at radius 1 is 1.32 bits per heavy atom. The van der Waals surface area contributed by atoms with Gasteiger partial charge in [0.1, 0.15) is 17.1 Å².